The number of anilines is 1. The van der Waals surface area contributed by atoms with Crippen LogP contribution in [0.25, 0.3) is 0 Å². The summed E-state index contributed by atoms with van der Waals surface area (Å²) in [4.78, 5) is 22.5. The first-order chi connectivity index (χ1) is 11.8. The molecule has 2 aromatic rings. The summed E-state index contributed by atoms with van der Waals surface area (Å²) >= 11 is 0. The molecule has 0 spiro atoms. The van der Waals surface area contributed by atoms with E-state index in [0.717, 1.165) is 11.5 Å². The van der Waals surface area contributed by atoms with Crippen LogP contribution in [0.5, 0.6) is 0 Å². The van der Waals surface area contributed by atoms with Crippen molar-refractivity contribution in [3.8, 4) is 0 Å². The highest BCUT2D eigenvalue weighted by Gasteiger charge is 2.37. The Hall–Kier alpha value is -2.48. The first kappa shape index (κ1) is 17.3. The molecule has 8 nitrogen and oxygen atoms in total. The summed E-state index contributed by atoms with van der Waals surface area (Å²) in [5.41, 5.74) is 0.131. The number of rotatable bonds is 4. The molecule has 8 heteroatoms. The number of aromatic amines is 1. The van der Waals surface area contributed by atoms with E-state index in [1.807, 2.05) is 25.7 Å². The molecule has 2 aromatic heterocycles. The number of nitrogens with zero attached hydrogens (tertiary/aromatic N) is 4. The van der Waals surface area contributed by atoms with Gasteiger partial charge in [-0.3, -0.25) is 14.9 Å². The van der Waals surface area contributed by atoms with E-state index in [9.17, 15) is 9.90 Å². The van der Waals surface area contributed by atoms with Crippen LogP contribution in [0, 0.1) is 0 Å². The van der Waals surface area contributed by atoms with Gasteiger partial charge >= 0.3 is 0 Å². The smallest absolute Gasteiger partial charge is 0.271 e. The van der Waals surface area contributed by atoms with E-state index < -0.39 is 5.60 Å². The molecule has 25 heavy (non-hydrogen) atoms. The van der Waals surface area contributed by atoms with Crippen LogP contribution in [-0.2, 0) is 5.41 Å². The van der Waals surface area contributed by atoms with Crippen molar-refractivity contribution in [3.63, 3.8) is 0 Å². The van der Waals surface area contributed by atoms with Gasteiger partial charge in [0.1, 0.15) is 17.1 Å². The standard InChI is InChI=1S/C17H24N6O2/c1-16(2,3)13-8-12(21-22-13)15(24)20-10-17(25)4-7-23(11-17)14-9-18-5-6-19-14/h5-6,8-9,25H,4,7,10-11H2,1-3H3,(H,20,24)(H,21,22)/t17-/m0/s1. The highest BCUT2D eigenvalue weighted by atomic mass is 16.3. The summed E-state index contributed by atoms with van der Waals surface area (Å²) in [7, 11) is 0. The largest absolute Gasteiger partial charge is 0.386 e. The van der Waals surface area contributed by atoms with Gasteiger partial charge in [0.15, 0.2) is 0 Å². The van der Waals surface area contributed by atoms with Crippen molar-refractivity contribution in [1.29, 1.82) is 0 Å². The van der Waals surface area contributed by atoms with E-state index in [4.69, 9.17) is 0 Å². The molecule has 1 amide bonds. The van der Waals surface area contributed by atoms with Crippen molar-refractivity contribution in [2.45, 2.75) is 38.2 Å². The Balaban J connectivity index is 1.58. The average molecular weight is 344 g/mol. The van der Waals surface area contributed by atoms with Crippen molar-refractivity contribution in [1.82, 2.24) is 25.5 Å². The topological polar surface area (TPSA) is 107 Å². The molecule has 3 rings (SSSR count). The second-order valence-corrected chi connectivity index (χ2v) is 7.56. The van der Waals surface area contributed by atoms with Crippen LogP contribution >= 0.6 is 0 Å². The molecular weight excluding hydrogens is 320 g/mol. The first-order valence-corrected chi connectivity index (χ1v) is 8.34. The number of carbonyl (C=O) groups is 1. The van der Waals surface area contributed by atoms with Crippen LogP contribution in [0.4, 0.5) is 5.82 Å². The van der Waals surface area contributed by atoms with Gasteiger partial charge < -0.3 is 15.3 Å². The molecule has 0 saturated carbocycles. The predicted octanol–water partition coefficient (Wildman–Crippen LogP) is 0.868. The van der Waals surface area contributed by atoms with Crippen molar-refractivity contribution in [3.05, 3.63) is 36.0 Å². The van der Waals surface area contributed by atoms with Crippen molar-refractivity contribution in [2.24, 2.45) is 0 Å². The number of hydrogen-bond acceptors (Lipinski definition) is 6. The fourth-order valence-electron chi connectivity index (χ4n) is 2.81. The minimum atomic E-state index is -0.990. The lowest BCUT2D eigenvalue weighted by atomic mass is 9.92. The van der Waals surface area contributed by atoms with E-state index in [2.05, 4.69) is 25.5 Å². The maximum absolute atomic E-state index is 12.3. The van der Waals surface area contributed by atoms with E-state index in [-0.39, 0.29) is 17.9 Å². The Kier molecular flexibility index (Phi) is 4.47. The minimum Gasteiger partial charge on any atom is -0.386 e. The van der Waals surface area contributed by atoms with Gasteiger partial charge in [-0.25, -0.2) is 4.98 Å². The Labute approximate surface area is 146 Å². The van der Waals surface area contributed by atoms with Crippen LogP contribution in [0.3, 0.4) is 0 Å². The van der Waals surface area contributed by atoms with E-state index in [0.29, 0.717) is 25.2 Å². The Morgan fingerprint density at radius 2 is 2.24 bits per heavy atom. The lowest BCUT2D eigenvalue weighted by Gasteiger charge is -2.23. The Morgan fingerprint density at radius 3 is 2.88 bits per heavy atom. The Morgan fingerprint density at radius 1 is 1.44 bits per heavy atom. The van der Waals surface area contributed by atoms with Crippen molar-refractivity contribution < 1.29 is 9.90 Å². The molecule has 134 valence electrons. The normalized spacial score (nSPS) is 20.7. The van der Waals surface area contributed by atoms with Crippen LogP contribution < -0.4 is 10.2 Å². The zero-order valence-electron chi connectivity index (χ0n) is 14.8. The number of amides is 1. The molecule has 0 radical (unpaired) electrons. The lowest BCUT2D eigenvalue weighted by molar-refractivity contribution is 0.0574. The van der Waals surface area contributed by atoms with Gasteiger partial charge in [-0.1, -0.05) is 20.8 Å². The molecule has 1 fully saturated rings. The lowest BCUT2D eigenvalue weighted by Crippen LogP contribution is -2.45. The summed E-state index contributed by atoms with van der Waals surface area (Å²) in [6.07, 6.45) is 5.46. The summed E-state index contributed by atoms with van der Waals surface area (Å²) in [6, 6.07) is 1.75. The maximum atomic E-state index is 12.3. The van der Waals surface area contributed by atoms with Gasteiger partial charge in [-0.2, -0.15) is 5.10 Å². The maximum Gasteiger partial charge on any atom is 0.271 e. The van der Waals surface area contributed by atoms with Gasteiger partial charge in [0.05, 0.1) is 6.20 Å². The zero-order chi connectivity index (χ0) is 18.1. The van der Waals surface area contributed by atoms with Gasteiger partial charge in [-0.05, 0) is 12.5 Å². The van der Waals surface area contributed by atoms with Crippen LogP contribution in [-0.4, -0.2) is 56.4 Å². The van der Waals surface area contributed by atoms with E-state index in [1.165, 1.54) is 0 Å². The average Bonchev–Trinajstić information content (AvgIpc) is 3.21. The quantitative estimate of drug-likeness (QED) is 0.760. The molecule has 1 aliphatic heterocycles. The highest BCUT2D eigenvalue weighted by molar-refractivity contribution is 5.92. The third-order valence-corrected chi connectivity index (χ3v) is 4.40. The Bertz CT molecular complexity index is 739. The van der Waals surface area contributed by atoms with Crippen LogP contribution in [0.2, 0.25) is 0 Å². The summed E-state index contributed by atoms with van der Waals surface area (Å²) in [5, 5.41) is 20.5. The molecule has 3 heterocycles. The minimum absolute atomic E-state index is 0.105. The fraction of sp³-hybridized carbons (Fsp3) is 0.529. The monoisotopic (exact) mass is 344 g/mol. The molecule has 1 atom stereocenters. The predicted molar refractivity (Wildman–Crippen MR) is 93.4 cm³/mol. The zero-order valence-corrected chi connectivity index (χ0v) is 14.8. The molecule has 0 aromatic carbocycles. The molecule has 0 bridgehead atoms. The molecule has 0 unspecified atom stereocenters. The second-order valence-electron chi connectivity index (χ2n) is 7.56. The SMILES string of the molecule is CC(C)(C)c1cc(C(=O)NC[C@@]2(O)CCN(c3cnccn3)C2)n[nH]1. The van der Waals surface area contributed by atoms with E-state index in [1.54, 1.807) is 24.7 Å². The molecule has 1 aliphatic rings. The van der Waals surface area contributed by atoms with Crippen molar-refractivity contribution in [2.75, 3.05) is 24.5 Å². The summed E-state index contributed by atoms with van der Waals surface area (Å²) in [5.74, 6) is 0.435. The molecular formula is C17H24N6O2. The number of aromatic nitrogens is 4. The van der Waals surface area contributed by atoms with Crippen molar-refractivity contribution >= 4 is 11.7 Å². The number of β-amino-alcohol motifs (C(OH)–C–C–N with tert-alkyl or cyclic N) is 1. The highest BCUT2D eigenvalue weighted by Crippen LogP contribution is 2.24. The number of hydrogen-bond donors (Lipinski definition) is 3. The van der Waals surface area contributed by atoms with Crippen LogP contribution in [0.1, 0.15) is 43.4 Å². The third-order valence-electron chi connectivity index (χ3n) is 4.40. The van der Waals surface area contributed by atoms with Gasteiger partial charge in [0.2, 0.25) is 0 Å². The second kappa shape index (κ2) is 6.44. The molecule has 1 saturated heterocycles. The number of nitrogens with one attached hydrogen (secondary N) is 2. The number of aliphatic hydroxyl groups is 1. The van der Waals surface area contributed by atoms with Gasteiger partial charge in [-0.15, -0.1) is 0 Å². The summed E-state index contributed by atoms with van der Waals surface area (Å²) < 4.78 is 0. The third kappa shape index (κ3) is 3.96. The summed E-state index contributed by atoms with van der Waals surface area (Å²) in [6.45, 7) is 7.38. The fourth-order valence-corrected chi connectivity index (χ4v) is 2.81. The van der Waals surface area contributed by atoms with Gasteiger partial charge in [0, 0.05) is 43.1 Å². The molecule has 3 N–H and O–H groups in total. The number of carbonyl (C=O) groups excluding carboxylic acids is 1. The van der Waals surface area contributed by atoms with Gasteiger partial charge in [0.25, 0.3) is 5.91 Å². The number of H-pyrrole nitrogens is 1. The molecule has 0 aliphatic carbocycles. The first-order valence-electron chi connectivity index (χ1n) is 8.34. The van der Waals surface area contributed by atoms with E-state index >= 15 is 0 Å². The van der Waals surface area contributed by atoms with Crippen LogP contribution in [0.15, 0.2) is 24.7 Å².